The molecule has 0 saturated carbocycles. The molecule has 0 aliphatic carbocycles. The smallest absolute Gasteiger partial charge is 0.133 e. The van der Waals surface area contributed by atoms with Gasteiger partial charge >= 0.3 is 0 Å². The van der Waals surface area contributed by atoms with E-state index in [0.717, 1.165) is 42.7 Å². The van der Waals surface area contributed by atoms with Gasteiger partial charge in [-0.2, -0.15) is 0 Å². The number of benzene rings is 1. The van der Waals surface area contributed by atoms with Crippen LogP contribution in [0.4, 0.5) is 0 Å². The fourth-order valence-electron chi connectivity index (χ4n) is 1.94. The molecule has 0 aromatic heterocycles. The molecule has 1 atom stereocenters. The molecule has 0 bridgehead atoms. The van der Waals surface area contributed by atoms with E-state index < -0.39 is 0 Å². The number of methoxy groups -OCH3 is 1. The van der Waals surface area contributed by atoms with Gasteiger partial charge < -0.3 is 14.8 Å². The Labute approximate surface area is 124 Å². The van der Waals surface area contributed by atoms with Gasteiger partial charge in [0, 0.05) is 19.3 Å². The van der Waals surface area contributed by atoms with Gasteiger partial charge in [-0.3, -0.25) is 0 Å². The minimum atomic E-state index is 0.442. The number of ether oxygens (including phenoxy) is 2. The molecule has 0 spiro atoms. The van der Waals surface area contributed by atoms with Crippen LogP contribution in [0, 0.1) is 0 Å². The van der Waals surface area contributed by atoms with E-state index in [2.05, 4.69) is 40.3 Å². The number of likely N-dealkylation sites (N-methyl/N-ethyl adjacent to an activating group) is 1. The van der Waals surface area contributed by atoms with Crippen LogP contribution in [0.25, 0.3) is 0 Å². The van der Waals surface area contributed by atoms with Crippen LogP contribution in [0.3, 0.4) is 0 Å². The van der Waals surface area contributed by atoms with Crippen molar-refractivity contribution in [2.75, 3.05) is 27.4 Å². The Morgan fingerprint density at radius 3 is 2.68 bits per heavy atom. The summed E-state index contributed by atoms with van der Waals surface area (Å²) >= 11 is 3.52. The third-order valence-electron chi connectivity index (χ3n) is 3.07. The standard InChI is InChI=1S/C15H24BrNO2/c1-4-8-19-9-7-13(17-2)10-12-5-6-15(18-3)14(16)11-12/h5-6,11,13,17H,4,7-10H2,1-3H3. The zero-order chi connectivity index (χ0) is 14.1. The molecule has 0 radical (unpaired) electrons. The second-order valence-corrected chi connectivity index (χ2v) is 5.41. The van der Waals surface area contributed by atoms with Gasteiger partial charge in [-0.05, 0) is 59.9 Å². The predicted octanol–water partition coefficient (Wildman–Crippen LogP) is 3.40. The van der Waals surface area contributed by atoms with Gasteiger partial charge in [0.1, 0.15) is 5.75 Å². The molecule has 0 fully saturated rings. The third kappa shape index (κ3) is 5.93. The monoisotopic (exact) mass is 329 g/mol. The number of rotatable bonds is 9. The Morgan fingerprint density at radius 2 is 2.11 bits per heavy atom. The first-order chi connectivity index (χ1) is 9.21. The van der Waals surface area contributed by atoms with Gasteiger partial charge in [0.25, 0.3) is 0 Å². The molecule has 0 heterocycles. The van der Waals surface area contributed by atoms with Crippen molar-refractivity contribution in [3.8, 4) is 5.75 Å². The van der Waals surface area contributed by atoms with Crippen LogP contribution in [-0.2, 0) is 11.2 Å². The second-order valence-electron chi connectivity index (χ2n) is 4.56. The van der Waals surface area contributed by atoms with Crippen molar-refractivity contribution in [3.63, 3.8) is 0 Å². The molecule has 0 amide bonds. The van der Waals surface area contributed by atoms with Crippen molar-refractivity contribution < 1.29 is 9.47 Å². The second kappa shape index (κ2) is 9.34. The molecule has 0 aliphatic heterocycles. The van der Waals surface area contributed by atoms with Crippen LogP contribution in [0.15, 0.2) is 22.7 Å². The minimum absolute atomic E-state index is 0.442. The van der Waals surface area contributed by atoms with Crippen LogP contribution in [-0.4, -0.2) is 33.4 Å². The first-order valence-corrected chi connectivity index (χ1v) is 7.58. The largest absolute Gasteiger partial charge is 0.496 e. The SMILES string of the molecule is CCCOCCC(Cc1ccc(OC)c(Br)c1)NC. The highest BCUT2D eigenvalue weighted by Gasteiger charge is 2.09. The Bertz CT molecular complexity index is 371. The molecule has 108 valence electrons. The average Bonchev–Trinajstić information content (AvgIpc) is 2.42. The third-order valence-corrected chi connectivity index (χ3v) is 3.69. The highest BCUT2D eigenvalue weighted by Crippen LogP contribution is 2.26. The highest BCUT2D eigenvalue weighted by molar-refractivity contribution is 9.10. The van der Waals surface area contributed by atoms with Gasteiger partial charge in [0.2, 0.25) is 0 Å². The van der Waals surface area contributed by atoms with Crippen LogP contribution < -0.4 is 10.1 Å². The minimum Gasteiger partial charge on any atom is -0.496 e. The average molecular weight is 330 g/mol. The maximum absolute atomic E-state index is 5.54. The van der Waals surface area contributed by atoms with Gasteiger partial charge in [0.05, 0.1) is 11.6 Å². The van der Waals surface area contributed by atoms with E-state index in [0.29, 0.717) is 6.04 Å². The molecule has 3 nitrogen and oxygen atoms in total. The van der Waals surface area contributed by atoms with Crippen molar-refractivity contribution in [2.24, 2.45) is 0 Å². The maximum Gasteiger partial charge on any atom is 0.133 e. The Morgan fingerprint density at radius 1 is 1.32 bits per heavy atom. The molecular weight excluding hydrogens is 306 g/mol. The molecule has 0 aliphatic rings. The lowest BCUT2D eigenvalue weighted by atomic mass is 10.0. The number of halogens is 1. The summed E-state index contributed by atoms with van der Waals surface area (Å²) in [5.41, 5.74) is 1.29. The van der Waals surface area contributed by atoms with E-state index in [1.807, 2.05) is 13.1 Å². The number of hydrogen-bond acceptors (Lipinski definition) is 3. The molecule has 1 aromatic rings. The Balaban J connectivity index is 2.48. The van der Waals surface area contributed by atoms with Crippen molar-refractivity contribution in [1.82, 2.24) is 5.32 Å². The van der Waals surface area contributed by atoms with E-state index in [4.69, 9.17) is 9.47 Å². The zero-order valence-corrected chi connectivity index (χ0v) is 13.6. The van der Waals surface area contributed by atoms with Crippen molar-refractivity contribution in [2.45, 2.75) is 32.2 Å². The normalized spacial score (nSPS) is 12.4. The molecule has 0 saturated heterocycles. The van der Waals surface area contributed by atoms with Gasteiger partial charge in [-0.15, -0.1) is 0 Å². The lowest BCUT2D eigenvalue weighted by molar-refractivity contribution is 0.125. The summed E-state index contributed by atoms with van der Waals surface area (Å²) in [5, 5.41) is 3.35. The first-order valence-electron chi connectivity index (χ1n) is 6.78. The van der Waals surface area contributed by atoms with Crippen LogP contribution in [0.2, 0.25) is 0 Å². The molecule has 1 N–H and O–H groups in total. The van der Waals surface area contributed by atoms with Gasteiger partial charge in [-0.25, -0.2) is 0 Å². The molecule has 4 heteroatoms. The summed E-state index contributed by atoms with van der Waals surface area (Å²) in [4.78, 5) is 0. The van der Waals surface area contributed by atoms with E-state index in [1.54, 1.807) is 7.11 Å². The lowest BCUT2D eigenvalue weighted by Gasteiger charge is -2.17. The molecule has 1 aromatic carbocycles. The summed E-state index contributed by atoms with van der Waals surface area (Å²) < 4.78 is 11.8. The van der Waals surface area contributed by atoms with Crippen molar-refractivity contribution in [3.05, 3.63) is 28.2 Å². The Kier molecular flexibility index (Phi) is 8.10. The topological polar surface area (TPSA) is 30.5 Å². The summed E-state index contributed by atoms with van der Waals surface area (Å²) in [6, 6.07) is 6.67. The molecule has 1 unspecified atom stereocenters. The lowest BCUT2D eigenvalue weighted by Crippen LogP contribution is -2.29. The first kappa shape index (κ1) is 16.5. The Hall–Kier alpha value is -0.580. The fourth-order valence-corrected chi connectivity index (χ4v) is 2.53. The van der Waals surface area contributed by atoms with Crippen molar-refractivity contribution in [1.29, 1.82) is 0 Å². The van der Waals surface area contributed by atoms with Crippen molar-refractivity contribution >= 4 is 15.9 Å². The van der Waals surface area contributed by atoms with Crippen LogP contribution in [0.1, 0.15) is 25.3 Å². The van der Waals surface area contributed by atoms with Gasteiger partial charge in [-0.1, -0.05) is 13.0 Å². The van der Waals surface area contributed by atoms with E-state index >= 15 is 0 Å². The maximum atomic E-state index is 5.54. The van der Waals surface area contributed by atoms with Crippen LogP contribution >= 0.6 is 15.9 Å². The number of nitrogens with one attached hydrogen (secondary N) is 1. The van der Waals surface area contributed by atoms with Crippen LogP contribution in [0.5, 0.6) is 5.75 Å². The summed E-state index contributed by atoms with van der Waals surface area (Å²) in [7, 11) is 3.68. The summed E-state index contributed by atoms with van der Waals surface area (Å²) in [6.45, 7) is 3.80. The molecule has 19 heavy (non-hydrogen) atoms. The van der Waals surface area contributed by atoms with Gasteiger partial charge in [0.15, 0.2) is 0 Å². The van der Waals surface area contributed by atoms with E-state index in [9.17, 15) is 0 Å². The van der Waals surface area contributed by atoms with E-state index in [1.165, 1.54) is 5.56 Å². The summed E-state index contributed by atoms with van der Waals surface area (Å²) in [5.74, 6) is 0.871. The quantitative estimate of drug-likeness (QED) is 0.704. The predicted molar refractivity (Wildman–Crippen MR) is 83.0 cm³/mol. The zero-order valence-electron chi connectivity index (χ0n) is 12.0. The highest BCUT2D eigenvalue weighted by atomic mass is 79.9. The summed E-state index contributed by atoms with van der Waals surface area (Å²) in [6.07, 6.45) is 3.10. The van der Waals surface area contributed by atoms with E-state index in [-0.39, 0.29) is 0 Å². The molecule has 1 rings (SSSR count). The molecular formula is C15H24BrNO2. The fraction of sp³-hybridized carbons (Fsp3) is 0.600. The number of hydrogen-bond donors (Lipinski definition) is 1.